The molecule has 0 aliphatic rings. The first-order valence-electron chi connectivity index (χ1n) is 9.40. The van der Waals surface area contributed by atoms with Crippen LogP contribution in [-0.2, 0) is 9.53 Å². The minimum Gasteiger partial charge on any atom is -0.497 e. The highest BCUT2D eigenvalue weighted by atomic mass is 16.5. The second-order valence-electron chi connectivity index (χ2n) is 6.69. The van der Waals surface area contributed by atoms with Gasteiger partial charge in [0.25, 0.3) is 0 Å². The molecule has 1 aromatic carbocycles. The number of carbonyl (C=O) groups excluding carboxylic acids is 1. The molecular formula is C24H32O3. The van der Waals surface area contributed by atoms with E-state index in [4.69, 9.17) is 9.47 Å². The molecule has 0 saturated heterocycles. The molecule has 0 bridgehead atoms. The molecule has 0 saturated carbocycles. The van der Waals surface area contributed by atoms with Gasteiger partial charge >= 0.3 is 5.97 Å². The summed E-state index contributed by atoms with van der Waals surface area (Å²) in [5.41, 5.74) is 5.57. The smallest absolute Gasteiger partial charge is 0.331 e. The van der Waals surface area contributed by atoms with Crippen molar-refractivity contribution in [2.45, 2.75) is 47.5 Å². The van der Waals surface area contributed by atoms with E-state index in [-0.39, 0.29) is 5.97 Å². The summed E-state index contributed by atoms with van der Waals surface area (Å²) in [6.45, 7) is 10.7. The number of allylic oxidation sites excluding steroid dienone is 6. The van der Waals surface area contributed by atoms with Gasteiger partial charge in [-0.2, -0.15) is 0 Å². The monoisotopic (exact) mass is 368 g/mol. The number of benzene rings is 1. The van der Waals surface area contributed by atoms with Gasteiger partial charge in [0.15, 0.2) is 0 Å². The van der Waals surface area contributed by atoms with Gasteiger partial charge in [-0.1, -0.05) is 49.3 Å². The summed E-state index contributed by atoms with van der Waals surface area (Å²) in [6, 6.07) is 4.08. The third-order valence-electron chi connectivity index (χ3n) is 4.12. The van der Waals surface area contributed by atoms with Crippen molar-refractivity contribution >= 4 is 12.0 Å². The van der Waals surface area contributed by atoms with Gasteiger partial charge in [0.2, 0.25) is 0 Å². The Morgan fingerprint density at radius 3 is 2.33 bits per heavy atom. The Balaban J connectivity index is 2.70. The average Bonchev–Trinajstić information content (AvgIpc) is 2.60. The molecule has 1 rings (SSSR count). The number of hydrogen-bond acceptors (Lipinski definition) is 3. The third kappa shape index (κ3) is 8.59. The molecule has 27 heavy (non-hydrogen) atoms. The first-order valence-corrected chi connectivity index (χ1v) is 9.40. The Bertz CT molecular complexity index is 726. The summed E-state index contributed by atoms with van der Waals surface area (Å²) < 4.78 is 10.4. The lowest BCUT2D eigenvalue weighted by molar-refractivity contribution is -0.137. The highest BCUT2D eigenvalue weighted by Gasteiger charge is 2.02. The highest BCUT2D eigenvalue weighted by molar-refractivity contribution is 5.83. The van der Waals surface area contributed by atoms with Crippen molar-refractivity contribution in [3.8, 4) is 5.75 Å². The van der Waals surface area contributed by atoms with Crippen LogP contribution in [0.5, 0.6) is 5.75 Å². The van der Waals surface area contributed by atoms with Crippen LogP contribution < -0.4 is 4.74 Å². The molecule has 0 heterocycles. The molecule has 0 aliphatic carbocycles. The van der Waals surface area contributed by atoms with E-state index >= 15 is 0 Å². The third-order valence-corrected chi connectivity index (χ3v) is 4.12. The number of ether oxygens (including phenoxy) is 2. The van der Waals surface area contributed by atoms with Crippen LogP contribution in [0, 0.1) is 13.8 Å². The van der Waals surface area contributed by atoms with Crippen molar-refractivity contribution in [2.75, 3.05) is 13.7 Å². The van der Waals surface area contributed by atoms with Crippen molar-refractivity contribution < 1.29 is 14.3 Å². The Hall–Kier alpha value is -2.55. The lowest BCUT2D eigenvalue weighted by atomic mass is 10.0. The molecule has 0 amide bonds. The summed E-state index contributed by atoms with van der Waals surface area (Å²) in [4.78, 5) is 11.6. The standard InChI is InChI=1S/C24H32O3/c1-7-8-14-27-24(25)15-19(3)11-9-10-18(2)12-13-23-20(4)16-22(26-6)17-21(23)5/h9-13,15-17H,7-8,14H2,1-6H3. The number of unbranched alkanes of at least 4 members (excludes halogenated alkanes) is 1. The average molecular weight is 369 g/mol. The fraction of sp³-hybridized carbons (Fsp3) is 0.375. The molecule has 0 atom stereocenters. The number of esters is 1. The number of methoxy groups -OCH3 is 1. The van der Waals surface area contributed by atoms with Gasteiger partial charge in [-0.3, -0.25) is 0 Å². The minimum atomic E-state index is -0.281. The van der Waals surface area contributed by atoms with Crippen LogP contribution in [0.3, 0.4) is 0 Å². The lowest BCUT2D eigenvalue weighted by Gasteiger charge is -2.08. The Morgan fingerprint density at radius 2 is 1.74 bits per heavy atom. The highest BCUT2D eigenvalue weighted by Crippen LogP contribution is 2.23. The van der Waals surface area contributed by atoms with E-state index in [1.807, 2.05) is 44.2 Å². The van der Waals surface area contributed by atoms with Gasteiger partial charge in [-0.05, 0) is 68.5 Å². The maximum absolute atomic E-state index is 11.6. The zero-order valence-corrected chi connectivity index (χ0v) is 17.5. The maximum Gasteiger partial charge on any atom is 0.331 e. The summed E-state index contributed by atoms with van der Waals surface area (Å²) in [5, 5.41) is 0. The molecule has 0 spiro atoms. The number of carbonyl (C=O) groups is 1. The van der Waals surface area contributed by atoms with Crippen molar-refractivity contribution in [3.63, 3.8) is 0 Å². The predicted octanol–water partition coefficient (Wildman–Crippen LogP) is 6.12. The lowest BCUT2D eigenvalue weighted by Crippen LogP contribution is -2.02. The molecule has 0 N–H and O–H groups in total. The van der Waals surface area contributed by atoms with E-state index in [0.29, 0.717) is 6.61 Å². The largest absolute Gasteiger partial charge is 0.497 e. The molecule has 0 aliphatic heterocycles. The van der Waals surface area contributed by atoms with Gasteiger partial charge in [0.1, 0.15) is 5.75 Å². The van der Waals surface area contributed by atoms with Crippen molar-refractivity contribution in [2.24, 2.45) is 0 Å². The van der Waals surface area contributed by atoms with Crippen molar-refractivity contribution in [1.29, 1.82) is 0 Å². The minimum absolute atomic E-state index is 0.281. The fourth-order valence-electron chi connectivity index (χ4n) is 2.53. The van der Waals surface area contributed by atoms with Crippen LogP contribution in [0.25, 0.3) is 6.08 Å². The Morgan fingerprint density at radius 1 is 1.07 bits per heavy atom. The van der Waals surface area contributed by atoms with Crippen LogP contribution in [-0.4, -0.2) is 19.7 Å². The molecule has 3 heteroatoms. The van der Waals surface area contributed by atoms with Crippen LogP contribution >= 0.6 is 0 Å². The quantitative estimate of drug-likeness (QED) is 0.228. The van der Waals surface area contributed by atoms with Crippen LogP contribution in [0.1, 0.15) is 50.3 Å². The molecule has 1 aromatic rings. The zero-order chi connectivity index (χ0) is 20.2. The van der Waals surface area contributed by atoms with Gasteiger partial charge < -0.3 is 9.47 Å². The molecule has 3 nitrogen and oxygen atoms in total. The summed E-state index contributed by atoms with van der Waals surface area (Å²) >= 11 is 0. The molecule has 0 fully saturated rings. The second-order valence-corrected chi connectivity index (χ2v) is 6.69. The van der Waals surface area contributed by atoms with E-state index < -0.39 is 0 Å². The van der Waals surface area contributed by atoms with Gasteiger partial charge in [0.05, 0.1) is 13.7 Å². The SMILES string of the molecule is CCCCOC(=O)C=C(C)C=CC=C(C)C=Cc1c(C)cc(OC)cc1C. The van der Waals surface area contributed by atoms with Crippen LogP contribution in [0.4, 0.5) is 0 Å². The van der Waals surface area contributed by atoms with Crippen LogP contribution in [0.15, 0.2) is 53.7 Å². The van der Waals surface area contributed by atoms with E-state index in [2.05, 4.69) is 32.9 Å². The van der Waals surface area contributed by atoms with Gasteiger partial charge in [0, 0.05) is 6.08 Å². The molecule has 0 aromatic heterocycles. The summed E-state index contributed by atoms with van der Waals surface area (Å²) in [7, 11) is 1.68. The Labute approximate surface area is 164 Å². The first kappa shape index (κ1) is 22.5. The van der Waals surface area contributed by atoms with E-state index in [1.165, 1.54) is 22.8 Å². The molecular weight excluding hydrogens is 336 g/mol. The van der Waals surface area contributed by atoms with E-state index in [9.17, 15) is 4.79 Å². The van der Waals surface area contributed by atoms with E-state index in [1.54, 1.807) is 7.11 Å². The number of hydrogen-bond donors (Lipinski definition) is 0. The second kappa shape index (κ2) is 11.9. The Kier molecular flexibility index (Phi) is 9.95. The summed E-state index contributed by atoms with van der Waals surface area (Å²) in [6.07, 6.45) is 13.5. The topological polar surface area (TPSA) is 35.5 Å². The number of rotatable bonds is 9. The van der Waals surface area contributed by atoms with Gasteiger partial charge in [-0.25, -0.2) is 4.79 Å². The first-order chi connectivity index (χ1) is 12.9. The van der Waals surface area contributed by atoms with Gasteiger partial charge in [-0.15, -0.1) is 0 Å². The maximum atomic E-state index is 11.6. The molecule has 0 unspecified atom stereocenters. The zero-order valence-electron chi connectivity index (χ0n) is 17.5. The molecule has 146 valence electrons. The van der Waals surface area contributed by atoms with E-state index in [0.717, 1.165) is 29.7 Å². The number of aryl methyl sites for hydroxylation is 2. The fourth-order valence-corrected chi connectivity index (χ4v) is 2.53. The van der Waals surface area contributed by atoms with Crippen molar-refractivity contribution in [3.05, 3.63) is 70.3 Å². The molecule has 0 radical (unpaired) electrons. The van der Waals surface area contributed by atoms with Crippen molar-refractivity contribution in [1.82, 2.24) is 0 Å². The van der Waals surface area contributed by atoms with Crippen LogP contribution in [0.2, 0.25) is 0 Å². The predicted molar refractivity (Wildman–Crippen MR) is 114 cm³/mol. The summed E-state index contributed by atoms with van der Waals surface area (Å²) in [5.74, 6) is 0.601. The normalized spacial score (nSPS) is 12.8.